The Kier molecular flexibility index (Phi) is 6.60. The van der Waals surface area contributed by atoms with Crippen LogP contribution >= 0.6 is 0 Å². The van der Waals surface area contributed by atoms with Crippen molar-refractivity contribution in [2.75, 3.05) is 14.2 Å². The molecule has 1 amide bonds. The molecular weight excluding hydrogens is 394 g/mol. The van der Waals surface area contributed by atoms with Crippen LogP contribution in [-0.2, 0) is 9.53 Å². The fourth-order valence-electron chi connectivity index (χ4n) is 3.50. The maximum absolute atomic E-state index is 13.4. The molecule has 2 aromatic rings. The van der Waals surface area contributed by atoms with Gasteiger partial charge in [-0.25, -0.2) is 0 Å². The Hall–Kier alpha value is -2.99. The summed E-state index contributed by atoms with van der Waals surface area (Å²) in [6, 6.07) is 14.7. The summed E-state index contributed by atoms with van der Waals surface area (Å²) in [4.78, 5) is 14.9. The molecule has 6 nitrogen and oxygen atoms in total. The second-order valence-corrected chi connectivity index (χ2v) is 8.71. The average molecular weight is 426 g/mol. The van der Waals surface area contributed by atoms with Gasteiger partial charge in [0.05, 0.1) is 20.3 Å². The van der Waals surface area contributed by atoms with Gasteiger partial charge >= 0.3 is 0 Å². The first-order chi connectivity index (χ1) is 14.7. The number of aliphatic hydroxyl groups excluding tert-OH is 1. The highest BCUT2D eigenvalue weighted by molar-refractivity contribution is 5.83. The quantitative estimate of drug-likeness (QED) is 0.774. The SMILES string of the molecule is COc1ccc(C(c2ccc(OC)cc2)N2C=C(C(C)(C)C)O[C@@H](C)[C@@H](O)C2=O)cc1. The van der Waals surface area contributed by atoms with Crippen molar-refractivity contribution >= 4 is 5.91 Å². The van der Waals surface area contributed by atoms with E-state index >= 15 is 0 Å². The van der Waals surface area contributed by atoms with Gasteiger partial charge in [0.15, 0.2) is 6.10 Å². The van der Waals surface area contributed by atoms with Gasteiger partial charge < -0.3 is 24.2 Å². The van der Waals surface area contributed by atoms with Gasteiger partial charge in [-0.15, -0.1) is 0 Å². The molecule has 0 fully saturated rings. The third-order valence-electron chi connectivity index (χ3n) is 5.40. The van der Waals surface area contributed by atoms with E-state index in [1.165, 1.54) is 0 Å². The lowest BCUT2D eigenvalue weighted by molar-refractivity contribution is -0.143. The highest BCUT2D eigenvalue weighted by atomic mass is 16.5. The molecule has 1 N–H and O–H groups in total. The van der Waals surface area contributed by atoms with Gasteiger partial charge in [0.2, 0.25) is 0 Å². The Morgan fingerprint density at radius 2 is 1.39 bits per heavy atom. The third-order valence-corrected chi connectivity index (χ3v) is 5.40. The molecule has 0 saturated heterocycles. The minimum absolute atomic E-state index is 0.346. The molecule has 0 spiro atoms. The van der Waals surface area contributed by atoms with Gasteiger partial charge in [-0.3, -0.25) is 4.79 Å². The summed E-state index contributed by atoms with van der Waals surface area (Å²) in [5.41, 5.74) is 1.41. The Balaban J connectivity index is 2.18. The molecule has 0 saturated carbocycles. The van der Waals surface area contributed by atoms with Crippen molar-refractivity contribution in [2.24, 2.45) is 5.41 Å². The van der Waals surface area contributed by atoms with Crippen LogP contribution in [0.15, 0.2) is 60.5 Å². The Labute approximate surface area is 184 Å². The fourth-order valence-corrected chi connectivity index (χ4v) is 3.50. The molecule has 2 aromatic carbocycles. The van der Waals surface area contributed by atoms with E-state index in [1.54, 1.807) is 32.2 Å². The predicted molar refractivity (Wildman–Crippen MR) is 119 cm³/mol. The molecule has 166 valence electrons. The van der Waals surface area contributed by atoms with Crippen molar-refractivity contribution in [2.45, 2.75) is 45.9 Å². The number of allylic oxidation sites excluding steroid dienone is 1. The van der Waals surface area contributed by atoms with E-state index in [0.29, 0.717) is 5.76 Å². The summed E-state index contributed by atoms with van der Waals surface area (Å²) >= 11 is 0. The number of hydrogen-bond acceptors (Lipinski definition) is 5. The molecule has 0 unspecified atom stereocenters. The highest BCUT2D eigenvalue weighted by Crippen LogP contribution is 2.37. The lowest BCUT2D eigenvalue weighted by Gasteiger charge is -2.31. The minimum atomic E-state index is -1.28. The van der Waals surface area contributed by atoms with Crippen LogP contribution in [0.25, 0.3) is 0 Å². The van der Waals surface area contributed by atoms with Crippen LogP contribution in [0, 0.1) is 5.41 Å². The van der Waals surface area contributed by atoms with Crippen LogP contribution in [0.3, 0.4) is 0 Å². The standard InChI is InChI=1S/C25H31NO5/c1-16-23(27)24(28)26(15-21(31-16)25(2,3)4)22(17-7-11-19(29-5)12-8-17)18-9-13-20(30-6)14-10-18/h7-16,22-23,27H,1-6H3/t16-,23+/m0/s1. The summed E-state index contributed by atoms with van der Waals surface area (Å²) in [7, 11) is 3.23. The molecular formula is C25H31NO5. The topological polar surface area (TPSA) is 68.2 Å². The van der Waals surface area contributed by atoms with Gasteiger partial charge in [0.25, 0.3) is 5.91 Å². The maximum atomic E-state index is 13.4. The van der Waals surface area contributed by atoms with E-state index in [-0.39, 0.29) is 5.41 Å². The number of rotatable bonds is 5. The number of ether oxygens (including phenoxy) is 3. The molecule has 1 aliphatic rings. The number of carbonyl (C=O) groups is 1. The van der Waals surface area contributed by atoms with Gasteiger partial charge in [0.1, 0.15) is 23.4 Å². The smallest absolute Gasteiger partial charge is 0.260 e. The molecule has 1 aliphatic heterocycles. The summed E-state index contributed by atoms with van der Waals surface area (Å²) < 4.78 is 16.6. The Morgan fingerprint density at radius 3 is 1.77 bits per heavy atom. The van der Waals surface area contributed by atoms with Crippen molar-refractivity contribution in [1.82, 2.24) is 4.90 Å². The molecule has 2 atom stereocenters. The van der Waals surface area contributed by atoms with Crippen molar-refractivity contribution in [3.8, 4) is 11.5 Å². The van der Waals surface area contributed by atoms with Gasteiger partial charge in [-0.05, 0) is 42.3 Å². The number of methoxy groups -OCH3 is 2. The van der Waals surface area contributed by atoms with Crippen LogP contribution in [0.1, 0.15) is 44.9 Å². The lowest BCUT2D eigenvalue weighted by Crippen LogP contribution is -2.42. The van der Waals surface area contributed by atoms with Gasteiger partial charge in [0, 0.05) is 11.6 Å². The minimum Gasteiger partial charge on any atom is -0.497 e. The van der Waals surface area contributed by atoms with Crippen molar-refractivity contribution in [3.63, 3.8) is 0 Å². The lowest BCUT2D eigenvalue weighted by atomic mass is 9.93. The molecule has 1 heterocycles. The predicted octanol–water partition coefficient (Wildman–Crippen LogP) is 4.29. The largest absolute Gasteiger partial charge is 0.497 e. The van der Waals surface area contributed by atoms with Crippen LogP contribution < -0.4 is 9.47 Å². The number of amides is 1. The van der Waals surface area contributed by atoms with Crippen molar-refractivity contribution < 1.29 is 24.1 Å². The molecule has 0 aromatic heterocycles. The normalized spacial score (nSPS) is 19.5. The monoisotopic (exact) mass is 425 g/mol. The molecule has 6 heteroatoms. The first-order valence-electron chi connectivity index (χ1n) is 10.3. The molecule has 0 aliphatic carbocycles. The van der Waals surface area contributed by atoms with E-state index in [4.69, 9.17) is 14.2 Å². The zero-order valence-corrected chi connectivity index (χ0v) is 19.0. The van der Waals surface area contributed by atoms with E-state index in [2.05, 4.69) is 0 Å². The zero-order chi connectivity index (χ0) is 22.8. The fraction of sp³-hybridized carbons (Fsp3) is 0.400. The van der Waals surface area contributed by atoms with E-state index in [1.807, 2.05) is 69.3 Å². The van der Waals surface area contributed by atoms with E-state index in [9.17, 15) is 9.90 Å². The zero-order valence-electron chi connectivity index (χ0n) is 19.0. The van der Waals surface area contributed by atoms with Crippen LogP contribution in [0.5, 0.6) is 11.5 Å². The first kappa shape index (κ1) is 22.7. The van der Waals surface area contributed by atoms with E-state index in [0.717, 1.165) is 22.6 Å². The number of aliphatic hydroxyl groups is 1. The van der Waals surface area contributed by atoms with Gasteiger partial charge in [-0.1, -0.05) is 45.0 Å². The number of carbonyl (C=O) groups excluding carboxylic acids is 1. The maximum Gasteiger partial charge on any atom is 0.260 e. The van der Waals surface area contributed by atoms with Crippen LogP contribution in [-0.4, -0.2) is 42.3 Å². The van der Waals surface area contributed by atoms with E-state index < -0.39 is 24.2 Å². The molecule has 0 radical (unpaired) electrons. The summed E-state index contributed by atoms with van der Waals surface area (Å²) in [6.45, 7) is 7.76. The summed E-state index contributed by atoms with van der Waals surface area (Å²) in [5, 5.41) is 10.7. The Bertz CT molecular complexity index is 880. The Morgan fingerprint density at radius 1 is 0.935 bits per heavy atom. The number of benzene rings is 2. The van der Waals surface area contributed by atoms with Crippen molar-refractivity contribution in [1.29, 1.82) is 0 Å². The summed E-state index contributed by atoms with van der Waals surface area (Å²) in [6.07, 6.45) is -0.209. The average Bonchev–Trinajstić information content (AvgIpc) is 2.87. The molecule has 0 bridgehead atoms. The second-order valence-electron chi connectivity index (χ2n) is 8.71. The number of hydrogen-bond donors (Lipinski definition) is 1. The molecule has 31 heavy (non-hydrogen) atoms. The third kappa shape index (κ3) is 4.85. The molecule has 3 rings (SSSR count). The van der Waals surface area contributed by atoms with Gasteiger partial charge in [-0.2, -0.15) is 0 Å². The first-order valence-corrected chi connectivity index (χ1v) is 10.3. The number of nitrogens with zero attached hydrogens (tertiary/aromatic N) is 1. The van der Waals surface area contributed by atoms with Crippen LogP contribution in [0.4, 0.5) is 0 Å². The second kappa shape index (κ2) is 9.02. The summed E-state index contributed by atoms with van der Waals surface area (Å²) in [5.74, 6) is 1.67. The van der Waals surface area contributed by atoms with Crippen molar-refractivity contribution in [3.05, 3.63) is 71.6 Å². The van der Waals surface area contributed by atoms with Crippen LogP contribution in [0.2, 0.25) is 0 Å². The highest BCUT2D eigenvalue weighted by Gasteiger charge is 2.38.